The van der Waals surface area contributed by atoms with Crippen LogP contribution in [0.2, 0.25) is 0 Å². The summed E-state index contributed by atoms with van der Waals surface area (Å²) in [7, 11) is 0. The van der Waals surface area contributed by atoms with E-state index in [4.69, 9.17) is 14.2 Å². The summed E-state index contributed by atoms with van der Waals surface area (Å²) in [4.78, 5) is 21.8. The number of nitrogens with zero attached hydrogens (tertiary/aromatic N) is 4. The molecular formula is C21H21F3N4O4. The molecule has 1 saturated heterocycles. The van der Waals surface area contributed by atoms with Crippen LogP contribution in [0.25, 0.3) is 0 Å². The first-order valence-corrected chi connectivity index (χ1v) is 10.5. The maximum absolute atomic E-state index is 12.8. The Balaban J connectivity index is 1.04. The maximum Gasteiger partial charge on any atom is 0.433 e. The average molecular weight is 450 g/mol. The average Bonchev–Trinajstić information content (AvgIpc) is 3.28. The summed E-state index contributed by atoms with van der Waals surface area (Å²) >= 11 is 0. The van der Waals surface area contributed by atoms with E-state index >= 15 is 0 Å². The molecule has 7 rings (SSSR count). The van der Waals surface area contributed by atoms with Crippen molar-refractivity contribution in [1.29, 1.82) is 0 Å². The molecule has 2 bridgehead atoms. The molecule has 0 amide bonds. The lowest BCUT2D eigenvalue weighted by Crippen LogP contribution is -2.66. The van der Waals surface area contributed by atoms with E-state index in [0.717, 1.165) is 37.3 Å². The quantitative estimate of drug-likeness (QED) is 0.669. The highest BCUT2D eigenvalue weighted by Crippen LogP contribution is 2.73. The van der Waals surface area contributed by atoms with Crippen molar-refractivity contribution in [3.05, 3.63) is 40.6 Å². The topological polar surface area (TPSA) is 78.7 Å². The third kappa shape index (κ3) is 3.13. The van der Waals surface area contributed by atoms with Gasteiger partial charge in [0, 0.05) is 29.2 Å². The summed E-state index contributed by atoms with van der Waals surface area (Å²) in [6.07, 6.45) is -0.748. The van der Waals surface area contributed by atoms with Crippen LogP contribution < -0.4 is 20.1 Å². The van der Waals surface area contributed by atoms with Gasteiger partial charge in [-0.1, -0.05) is 0 Å². The molecule has 32 heavy (non-hydrogen) atoms. The molecule has 0 unspecified atom stereocenters. The SMILES string of the molecule is O=c1nc(OCC23CC(COc4ccnc(C(F)(F)F)c4)(C2)C3)cc2n1C[C@@H]1COCN21. The van der Waals surface area contributed by atoms with Crippen LogP contribution in [0, 0.1) is 10.8 Å². The fourth-order valence-electron chi connectivity index (χ4n) is 5.71. The van der Waals surface area contributed by atoms with Gasteiger partial charge in [0.05, 0.1) is 32.4 Å². The Bertz CT molecular complexity index is 1110. The van der Waals surface area contributed by atoms with Crippen LogP contribution in [0.5, 0.6) is 11.6 Å². The van der Waals surface area contributed by atoms with Crippen molar-refractivity contribution in [2.24, 2.45) is 10.8 Å². The number of hydrogen-bond donors (Lipinski definition) is 0. The maximum atomic E-state index is 12.8. The molecule has 2 aliphatic heterocycles. The van der Waals surface area contributed by atoms with Gasteiger partial charge in [0.1, 0.15) is 24.0 Å². The van der Waals surface area contributed by atoms with Gasteiger partial charge >= 0.3 is 11.9 Å². The van der Waals surface area contributed by atoms with Crippen molar-refractivity contribution in [3.8, 4) is 11.6 Å². The van der Waals surface area contributed by atoms with Crippen molar-refractivity contribution in [3.63, 3.8) is 0 Å². The largest absolute Gasteiger partial charge is 0.493 e. The lowest BCUT2D eigenvalue weighted by molar-refractivity contribution is -0.232. The smallest absolute Gasteiger partial charge is 0.433 e. The Labute approximate surface area is 180 Å². The zero-order valence-electron chi connectivity index (χ0n) is 17.1. The summed E-state index contributed by atoms with van der Waals surface area (Å²) in [5.74, 6) is 1.27. The van der Waals surface area contributed by atoms with E-state index in [9.17, 15) is 18.0 Å². The Morgan fingerprint density at radius 1 is 1.16 bits per heavy atom. The van der Waals surface area contributed by atoms with Crippen molar-refractivity contribution < 1.29 is 27.4 Å². The van der Waals surface area contributed by atoms with Gasteiger partial charge in [-0.25, -0.2) is 4.79 Å². The molecule has 0 radical (unpaired) electrons. The van der Waals surface area contributed by atoms with Crippen molar-refractivity contribution >= 4 is 5.82 Å². The van der Waals surface area contributed by atoms with Crippen LogP contribution in [0.3, 0.4) is 0 Å². The number of hydrogen-bond acceptors (Lipinski definition) is 7. The lowest BCUT2D eigenvalue weighted by Gasteiger charge is -2.69. The van der Waals surface area contributed by atoms with Crippen molar-refractivity contribution in [1.82, 2.24) is 14.5 Å². The number of halogens is 3. The van der Waals surface area contributed by atoms with Crippen LogP contribution in [0.15, 0.2) is 29.2 Å². The molecule has 2 aromatic heterocycles. The van der Waals surface area contributed by atoms with Crippen molar-refractivity contribution in [2.45, 2.75) is 38.0 Å². The predicted octanol–water partition coefficient (Wildman–Crippen LogP) is 2.46. The number of aromatic nitrogens is 3. The molecule has 4 heterocycles. The third-order valence-corrected chi connectivity index (χ3v) is 6.98. The van der Waals surface area contributed by atoms with E-state index in [1.165, 1.54) is 6.07 Å². The van der Waals surface area contributed by atoms with Crippen LogP contribution >= 0.6 is 0 Å². The second kappa shape index (κ2) is 6.60. The first-order valence-electron chi connectivity index (χ1n) is 10.5. The van der Waals surface area contributed by atoms with Gasteiger partial charge in [-0.15, -0.1) is 0 Å². The normalized spacial score (nSPS) is 29.7. The van der Waals surface area contributed by atoms with Gasteiger partial charge in [0.25, 0.3) is 0 Å². The highest BCUT2D eigenvalue weighted by molar-refractivity contribution is 5.47. The molecule has 2 aromatic rings. The molecule has 3 saturated carbocycles. The van der Waals surface area contributed by atoms with Crippen molar-refractivity contribution in [2.75, 3.05) is 31.5 Å². The zero-order chi connectivity index (χ0) is 22.1. The summed E-state index contributed by atoms with van der Waals surface area (Å²) in [5, 5.41) is 0. The number of pyridine rings is 1. The summed E-state index contributed by atoms with van der Waals surface area (Å²) in [6, 6.07) is 4.33. The standard InChI is InChI=1S/C21H21F3N4O4/c22-21(23,24)15-3-14(1-2-25-15)31-10-19-7-20(8-19,9-19)11-32-16-4-17-27(18(29)26-16)5-13-6-30-12-28(13)17/h1-4,13H,5-12H2/t13-,19?,20?/m1/s1. The molecule has 11 heteroatoms. The Hall–Kier alpha value is -2.82. The molecule has 3 aliphatic carbocycles. The van der Waals surface area contributed by atoms with Gasteiger partial charge in [0.15, 0.2) is 0 Å². The molecule has 1 atom stereocenters. The number of ether oxygens (including phenoxy) is 3. The minimum atomic E-state index is -4.49. The van der Waals surface area contributed by atoms with E-state index in [1.807, 2.05) is 4.90 Å². The van der Waals surface area contributed by atoms with Crippen LogP contribution in [0.4, 0.5) is 19.0 Å². The fraction of sp³-hybridized carbons (Fsp3) is 0.571. The number of anilines is 1. The first-order chi connectivity index (χ1) is 15.2. The van der Waals surface area contributed by atoms with Gasteiger partial charge < -0.3 is 19.1 Å². The molecule has 0 spiro atoms. The molecule has 170 valence electrons. The Morgan fingerprint density at radius 2 is 1.91 bits per heavy atom. The molecular weight excluding hydrogens is 429 g/mol. The molecule has 5 aliphatic rings. The summed E-state index contributed by atoms with van der Waals surface area (Å²) in [6.45, 7) is 2.46. The van der Waals surface area contributed by atoms with Gasteiger partial charge in [-0.05, 0) is 25.3 Å². The molecule has 0 N–H and O–H groups in total. The second-order valence-corrected chi connectivity index (χ2v) is 9.45. The summed E-state index contributed by atoms with van der Waals surface area (Å²) < 4.78 is 57.1. The number of alkyl halides is 3. The van der Waals surface area contributed by atoms with E-state index in [2.05, 4.69) is 9.97 Å². The fourth-order valence-corrected chi connectivity index (χ4v) is 5.71. The van der Waals surface area contributed by atoms with Gasteiger partial charge in [-0.3, -0.25) is 9.55 Å². The van der Waals surface area contributed by atoms with Gasteiger partial charge in [-0.2, -0.15) is 18.2 Å². The number of rotatable bonds is 6. The molecule has 4 fully saturated rings. The zero-order valence-corrected chi connectivity index (χ0v) is 17.1. The van der Waals surface area contributed by atoms with Crippen LogP contribution in [-0.4, -0.2) is 47.1 Å². The highest BCUT2D eigenvalue weighted by Gasteiger charge is 2.68. The van der Waals surface area contributed by atoms with E-state index < -0.39 is 11.9 Å². The molecule has 0 aromatic carbocycles. The Morgan fingerprint density at radius 3 is 2.66 bits per heavy atom. The minimum absolute atomic E-state index is 0.0178. The first kappa shape index (κ1) is 19.8. The summed E-state index contributed by atoms with van der Waals surface area (Å²) in [5.41, 5.74) is -1.27. The minimum Gasteiger partial charge on any atom is -0.493 e. The van der Waals surface area contributed by atoms with E-state index in [-0.39, 0.29) is 28.3 Å². The highest BCUT2D eigenvalue weighted by atomic mass is 19.4. The predicted molar refractivity (Wildman–Crippen MR) is 105 cm³/mol. The Kier molecular flexibility index (Phi) is 4.09. The monoisotopic (exact) mass is 450 g/mol. The van der Waals surface area contributed by atoms with E-state index in [1.54, 1.807) is 10.6 Å². The second-order valence-electron chi connectivity index (χ2n) is 9.45. The van der Waals surface area contributed by atoms with Crippen LogP contribution in [0.1, 0.15) is 25.0 Å². The third-order valence-electron chi connectivity index (χ3n) is 6.98. The van der Waals surface area contributed by atoms with Gasteiger partial charge in [0.2, 0.25) is 5.88 Å². The van der Waals surface area contributed by atoms with E-state index in [0.29, 0.717) is 39.0 Å². The lowest BCUT2D eigenvalue weighted by atomic mass is 9.35. The molecule has 8 nitrogen and oxygen atoms in total. The van der Waals surface area contributed by atoms with Crippen LogP contribution in [-0.2, 0) is 17.5 Å². The number of fused-ring (bicyclic) bond motifs is 3.